The maximum absolute atomic E-state index is 4.62. The van der Waals surface area contributed by atoms with Crippen LogP contribution in [0.2, 0.25) is 0 Å². The number of para-hydroxylation sites is 1. The lowest BCUT2D eigenvalue weighted by atomic mass is 9.85. The van der Waals surface area contributed by atoms with E-state index in [9.17, 15) is 0 Å². The molecule has 0 bridgehead atoms. The van der Waals surface area contributed by atoms with Gasteiger partial charge in [0.1, 0.15) is 5.69 Å². The van der Waals surface area contributed by atoms with Crippen molar-refractivity contribution in [1.82, 2.24) is 30.0 Å². The molecular formula is C34H44N6. The third-order valence-corrected chi connectivity index (χ3v) is 8.37. The number of hydrogen-bond donors (Lipinski definition) is 2. The number of H-pyrrole nitrogens is 2. The van der Waals surface area contributed by atoms with E-state index in [4.69, 9.17) is 0 Å². The molecule has 1 aliphatic carbocycles. The van der Waals surface area contributed by atoms with Gasteiger partial charge >= 0.3 is 0 Å². The number of pyridine rings is 1. The number of piperazine rings is 1. The SMILES string of the molecule is C=C(/C=c1/c(-c2cc3ccccc3[nH]2)n[nH]/c1=C/C)c1cncc(CC2CCCCC2)c1.CN1CCN(C)CC1. The molecule has 6 rings (SSSR count). The maximum Gasteiger partial charge on any atom is 0.116 e. The Balaban J connectivity index is 0.000000348. The highest BCUT2D eigenvalue weighted by Gasteiger charge is 2.15. The Bertz CT molecular complexity index is 1490. The van der Waals surface area contributed by atoms with Crippen molar-refractivity contribution in [3.8, 4) is 11.4 Å². The Kier molecular flexibility index (Phi) is 9.30. The van der Waals surface area contributed by atoms with E-state index in [1.54, 1.807) is 0 Å². The molecule has 3 aromatic heterocycles. The van der Waals surface area contributed by atoms with Crippen molar-refractivity contribution in [3.63, 3.8) is 0 Å². The fourth-order valence-electron chi connectivity index (χ4n) is 5.80. The van der Waals surface area contributed by atoms with E-state index in [1.807, 2.05) is 25.4 Å². The second-order valence-corrected chi connectivity index (χ2v) is 11.5. The monoisotopic (exact) mass is 536 g/mol. The molecule has 0 atom stereocenters. The third-order valence-electron chi connectivity index (χ3n) is 8.37. The van der Waals surface area contributed by atoms with E-state index in [2.05, 4.69) is 93.1 Å². The van der Waals surface area contributed by atoms with Crippen molar-refractivity contribution < 1.29 is 0 Å². The summed E-state index contributed by atoms with van der Waals surface area (Å²) in [6.45, 7) is 11.3. The van der Waals surface area contributed by atoms with Gasteiger partial charge in [0, 0.05) is 54.7 Å². The van der Waals surface area contributed by atoms with Crippen LogP contribution in [0.4, 0.5) is 0 Å². The van der Waals surface area contributed by atoms with Gasteiger partial charge in [-0.3, -0.25) is 10.1 Å². The van der Waals surface area contributed by atoms with Crippen molar-refractivity contribution in [1.29, 1.82) is 0 Å². The summed E-state index contributed by atoms with van der Waals surface area (Å²) in [5.41, 5.74) is 6.35. The van der Waals surface area contributed by atoms with Gasteiger partial charge in [0.2, 0.25) is 0 Å². The summed E-state index contributed by atoms with van der Waals surface area (Å²) in [4.78, 5) is 12.8. The zero-order chi connectivity index (χ0) is 27.9. The lowest BCUT2D eigenvalue weighted by Gasteiger charge is -2.28. The zero-order valence-electron chi connectivity index (χ0n) is 24.4. The molecule has 6 heteroatoms. The number of nitrogens with one attached hydrogen (secondary N) is 2. The third kappa shape index (κ3) is 6.98. The van der Waals surface area contributed by atoms with E-state index in [1.165, 1.54) is 69.2 Å². The van der Waals surface area contributed by atoms with E-state index in [0.717, 1.165) is 50.9 Å². The number of nitrogens with zero attached hydrogens (tertiary/aromatic N) is 4. The van der Waals surface area contributed by atoms with E-state index in [0.29, 0.717) is 0 Å². The van der Waals surface area contributed by atoms with Crippen LogP contribution in [0.5, 0.6) is 0 Å². The lowest BCUT2D eigenvalue weighted by molar-refractivity contribution is 0.181. The van der Waals surface area contributed by atoms with Crippen molar-refractivity contribution in [2.45, 2.75) is 45.4 Å². The summed E-state index contributed by atoms with van der Waals surface area (Å²) in [5, 5.41) is 11.0. The molecule has 2 N–H and O–H groups in total. The van der Waals surface area contributed by atoms with Crippen LogP contribution < -0.4 is 10.6 Å². The molecule has 4 aromatic rings. The van der Waals surface area contributed by atoms with Crippen molar-refractivity contribution >= 4 is 28.6 Å². The number of rotatable bonds is 5. The number of allylic oxidation sites excluding steroid dienone is 1. The second kappa shape index (κ2) is 13.2. The fraction of sp³-hybridized carbons (Fsp3) is 0.412. The van der Waals surface area contributed by atoms with Gasteiger partial charge in [0.05, 0.1) is 11.0 Å². The Morgan fingerprint density at radius 1 is 1.00 bits per heavy atom. The van der Waals surface area contributed by atoms with Gasteiger partial charge in [0.25, 0.3) is 0 Å². The van der Waals surface area contributed by atoms with Crippen molar-refractivity contribution in [3.05, 3.63) is 77.1 Å². The van der Waals surface area contributed by atoms with Crippen LogP contribution in [-0.2, 0) is 6.42 Å². The summed E-state index contributed by atoms with van der Waals surface area (Å²) in [6, 6.07) is 12.7. The van der Waals surface area contributed by atoms with Crippen molar-refractivity contribution in [2.24, 2.45) is 5.92 Å². The number of hydrogen-bond acceptors (Lipinski definition) is 4. The first-order valence-corrected chi connectivity index (χ1v) is 14.8. The Morgan fingerprint density at radius 3 is 2.42 bits per heavy atom. The van der Waals surface area contributed by atoms with E-state index in [-0.39, 0.29) is 0 Å². The highest BCUT2D eigenvalue weighted by molar-refractivity contribution is 5.89. The first-order chi connectivity index (χ1) is 19.5. The molecular weight excluding hydrogens is 492 g/mol. The van der Waals surface area contributed by atoms with Gasteiger partial charge in [-0.1, -0.05) is 63.0 Å². The number of aromatic amines is 2. The van der Waals surface area contributed by atoms with Gasteiger partial charge in [-0.2, -0.15) is 5.10 Å². The van der Waals surface area contributed by atoms with Crippen LogP contribution in [0.15, 0.2) is 55.4 Å². The van der Waals surface area contributed by atoms with Gasteiger partial charge < -0.3 is 14.8 Å². The first kappa shape index (κ1) is 28.1. The molecule has 6 nitrogen and oxygen atoms in total. The van der Waals surface area contributed by atoms with Crippen LogP contribution >= 0.6 is 0 Å². The van der Waals surface area contributed by atoms with E-state index >= 15 is 0 Å². The van der Waals surface area contributed by atoms with Gasteiger partial charge in [-0.05, 0) is 74.3 Å². The summed E-state index contributed by atoms with van der Waals surface area (Å²) in [5.74, 6) is 0.793. The van der Waals surface area contributed by atoms with Crippen LogP contribution in [-0.4, -0.2) is 70.2 Å². The number of benzene rings is 1. The zero-order valence-corrected chi connectivity index (χ0v) is 24.4. The Labute approximate surface area is 238 Å². The summed E-state index contributed by atoms with van der Waals surface area (Å²) in [7, 11) is 4.35. The number of aromatic nitrogens is 4. The summed E-state index contributed by atoms with van der Waals surface area (Å²) >= 11 is 0. The maximum atomic E-state index is 4.62. The van der Waals surface area contributed by atoms with Gasteiger partial charge in [-0.25, -0.2) is 0 Å². The molecule has 210 valence electrons. The van der Waals surface area contributed by atoms with Crippen LogP contribution in [0.25, 0.3) is 40.0 Å². The molecule has 1 saturated heterocycles. The molecule has 0 radical (unpaired) electrons. The smallest absolute Gasteiger partial charge is 0.116 e. The minimum absolute atomic E-state index is 0.793. The Morgan fingerprint density at radius 2 is 1.73 bits per heavy atom. The molecule has 40 heavy (non-hydrogen) atoms. The van der Waals surface area contributed by atoms with Crippen molar-refractivity contribution in [2.75, 3.05) is 40.3 Å². The summed E-state index contributed by atoms with van der Waals surface area (Å²) in [6.07, 6.45) is 16.0. The highest BCUT2D eigenvalue weighted by atomic mass is 15.2. The molecule has 1 aromatic carbocycles. The molecule has 0 amide bonds. The van der Waals surface area contributed by atoms with Crippen LogP contribution in [0.1, 0.15) is 50.2 Å². The highest BCUT2D eigenvalue weighted by Crippen LogP contribution is 2.27. The molecule has 2 fully saturated rings. The molecule has 0 spiro atoms. The minimum Gasteiger partial charge on any atom is -0.353 e. The van der Waals surface area contributed by atoms with E-state index < -0.39 is 0 Å². The summed E-state index contributed by atoms with van der Waals surface area (Å²) < 4.78 is 0. The molecule has 1 saturated carbocycles. The fourth-order valence-corrected chi connectivity index (χ4v) is 5.80. The second-order valence-electron chi connectivity index (χ2n) is 11.5. The minimum atomic E-state index is 0.793. The Hall–Kier alpha value is -3.48. The molecule has 0 unspecified atom stereocenters. The predicted molar refractivity (Wildman–Crippen MR) is 168 cm³/mol. The number of fused-ring (bicyclic) bond motifs is 1. The number of likely N-dealkylation sites (N-methyl/N-ethyl adjacent to an activating group) is 2. The largest absolute Gasteiger partial charge is 0.353 e. The standard InChI is InChI=1S/C28H30N4.C6H14N2/c1-3-25-24(28(32-31-25)27-16-22-11-7-8-12-26(22)30-27)13-19(2)23-15-21(17-29-18-23)14-20-9-5-4-6-10-20;1-7-3-5-8(2)6-4-7/h3,7-8,11-13,15-18,20,30-31H,2,4-6,9-10,14H2,1H3;3-6H2,1-2H3/b24-13+,25-3+;. The quantitative estimate of drug-likeness (QED) is 0.367. The predicted octanol–water partition coefficient (Wildman–Crippen LogP) is 5.23. The molecule has 1 aliphatic heterocycles. The van der Waals surface area contributed by atoms with Crippen LogP contribution in [0.3, 0.4) is 0 Å². The molecule has 2 aliphatic rings. The van der Waals surface area contributed by atoms with Gasteiger partial charge in [0.15, 0.2) is 0 Å². The van der Waals surface area contributed by atoms with Gasteiger partial charge in [-0.15, -0.1) is 0 Å². The topological polar surface area (TPSA) is 63.8 Å². The first-order valence-electron chi connectivity index (χ1n) is 14.8. The lowest BCUT2D eigenvalue weighted by Crippen LogP contribution is -2.42. The average molecular weight is 537 g/mol. The van der Waals surface area contributed by atoms with Crippen LogP contribution in [0, 0.1) is 5.92 Å². The molecule has 4 heterocycles. The normalized spacial score (nSPS) is 18.2. The average Bonchev–Trinajstić information content (AvgIpc) is 3.59.